The summed E-state index contributed by atoms with van der Waals surface area (Å²) in [7, 11) is 0. The fourth-order valence-corrected chi connectivity index (χ4v) is 2.87. The van der Waals surface area contributed by atoms with Crippen LogP contribution in [0.2, 0.25) is 0 Å². The first-order chi connectivity index (χ1) is 16.1. The van der Waals surface area contributed by atoms with E-state index >= 15 is 0 Å². The molecule has 0 saturated heterocycles. The predicted molar refractivity (Wildman–Crippen MR) is 118 cm³/mol. The molecule has 0 spiro atoms. The Morgan fingerprint density at radius 2 is 1.23 bits per heavy atom. The van der Waals surface area contributed by atoms with Gasteiger partial charge in [0.25, 0.3) is 0 Å². The van der Waals surface area contributed by atoms with Crippen LogP contribution < -0.4 is 27.4 Å². The Balaban J connectivity index is 5.57. The van der Waals surface area contributed by atoms with E-state index in [0.29, 0.717) is 0 Å². The van der Waals surface area contributed by atoms with Gasteiger partial charge in [-0.15, -0.1) is 0 Å². The van der Waals surface area contributed by atoms with E-state index in [1.165, 1.54) is 0 Å². The van der Waals surface area contributed by atoms with E-state index in [4.69, 9.17) is 21.7 Å². The second-order valence-corrected chi connectivity index (χ2v) is 8.29. The second kappa shape index (κ2) is 15.2. The van der Waals surface area contributed by atoms with Crippen molar-refractivity contribution in [1.82, 2.24) is 16.0 Å². The van der Waals surface area contributed by atoms with Crippen LogP contribution in [0.4, 0.5) is 0 Å². The van der Waals surface area contributed by atoms with Gasteiger partial charge in [0.05, 0.1) is 12.5 Å². The van der Waals surface area contributed by atoms with E-state index in [2.05, 4.69) is 16.0 Å². The van der Waals surface area contributed by atoms with Gasteiger partial charge in [-0.3, -0.25) is 28.8 Å². The van der Waals surface area contributed by atoms with E-state index in [-0.39, 0.29) is 31.6 Å². The van der Waals surface area contributed by atoms with E-state index in [1.54, 1.807) is 13.8 Å². The van der Waals surface area contributed by atoms with Crippen molar-refractivity contribution in [3.05, 3.63) is 0 Å². The van der Waals surface area contributed by atoms with Crippen molar-refractivity contribution < 1.29 is 48.9 Å². The summed E-state index contributed by atoms with van der Waals surface area (Å²) in [4.78, 5) is 82.1. The van der Waals surface area contributed by atoms with E-state index in [0.717, 1.165) is 0 Å². The maximum Gasteiger partial charge on any atom is 0.326 e. The molecule has 0 aliphatic heterocycles. The minimum atomic E-state index is -1.71. The van der Waals surface area contributed by atoms with Crippen molar-refractivity contribution in [2.75, 3.05) is 0 Å². The Kier molecular flexibility index (Phi) is 13.6. The quantitative estimate of drug-likeness (QED) is 0.103. The highest BCUT2D eigenvalue weighted by molar-refractivity contribution is 5.95. The molecular formula is C20H33N5O10. The molecule has 0 rings (SSSR count). The lowest BCUT2D eigenvalue weighted by Gasteiger charge is -2.24. The number of amides is 4. The number of carbonyl (C=O) groups excluding carboxylic acids is 4. The number of carboxylic acid groups (broad SMARTS) is 3. The highest BCUT2D eigenvalue weighted by Crippen LogP contribution is 2.07. The van der Waals surface area contributed by atoms with Crippen molar-refractivity contribution in [3.63, 3.8) is 0 Å². The van der Waals surface area contributed by atoms with Gasteiger partial charge in [-0.2, -0.15) is 0 Å². The Labute approximate surface area is 201 Å². The van der Waals surface area contributed by atoms with Crippen LogP contribution >= 0.6 is 0 Å². The number of rotatable bonds is 17. The molecule has 0 aromatic carbocycles. The van der Waals surface area contributed by atoms with E-state index in [1.807, 2.05) is 0 Å². The summed E-state index contributed by atoms with van der Waals surface area (Å²) in [6.45, 7) is 3.43. The van der Waals surface area contributed by atoms with E-state index < -0.39 is 78.5 Å². The molecule has 0 bridgehead atoms. The molecule has 15 heteroatoms. The Morgan fingerprint density at radius 3 is 1.69 bits per heavy atom. The maximum absolute atomic E-state index is 12.8. The molecule has 0 radical (unpaired) electrons. The summed E-state index contributed by atoms with van der Waals surface area (Å²) in [5.41, 5.74) is 10.7. The Morgan fingerprint density at radius 1 is 0.714 bits per heavy atom. The number of carbonyl (C=O) groups is 7. The molecule has 0 aromatic heterocycles. The molecule has 0 heterocycles. The summed E-state index contributed by atoms with van der Waals surface area (Å²) >= 11 is 0. The van der Waals surface area contributed by atoms with Crippen molar-refractivity contribution in [2.24, 2.45) is 17.4 Å². The van der Waals surface area contributed by atoms with Gasteiger partial charge < -0.3 is 42.7 Å². The molecule has 4 amide bonds. The van der Waals surface area contributed by atoms with Crippen LogP contribution in [0.5, 0.6) is 0 Å². The Bertz CT molecular complexity index is 816. The summed E-state index contributed by atoms with van der Waals surface area (Å²) in [6.07, 6.45) is -2.23. The van der Waals surface area contributed by atoms with Crippen molar-refractivity contribution in [3.8, 4) is 0 Å². The van der Waals surface area contributed by atoms with Gasteiger partial charge >= 0.3 is 17.9 Å². The fourth-order valence-electron chi connectivity index (χ4n) is 2.87. The fraction of sp³-hybridized carbons (Fsp3) is 0.650. The summed E-state index contributed by atoms with van der Waals surface area (Å²) < 4.78 is 0. The average Bonchev–Trinajstić information content (AvgIpc) is 2.72. The first-order valence-corrected chi connectivity index (χ1v) is 10.7. The zero-order valence-electron chi connectivity index (χ0n) is 19.5. The number of hydrogen-bond acceptors (Lipinski definition) is 8. The predicted octanol–water partition coefficient (Wildman–Crippen LogP) is -2.50. The summed E-state index contributed by atoms with van der Waals surface area (Å²) in [5.74, 6) is -8.01. The highest BCUT2D eigenvalue weighted by atomic mass is 16.4. The lowest BCUT2D eigenvalue weighted by atomic mass is 10.0. The van der Waals surface area contributed by atoms with Gasteiger partial charge in [0.15, 0.2) is 0 Å². The summed E-state index contributed by atoms with van der Waals surface area (Å²) in [6, 6.07) is -5.82. The molecule has 0 aliphatic carbocycles. The number of nitrogens with two attached hydrogens (primary N) is 2. The lowest BCUT2D eigenvalue weighted by molar-refractivity contribution is -0.144. The molecule has 0 saturated carbocycles. The minimum absolute atomic E-state index is 0.0420. The first kappa shape index (κ1) is 31.2. The van der Waals surface area contributed by atoms with Crippen molar-refractivity contribution >= 4 is 41.5 Å². The summed E-state index contributed by atoms with van der Waals surface area (Å²) in [5, 5.41) is 33.7. The topological polar surface area (TPSA) is 268 Å². The van der Waals surface area contributed by atoms with Crippen LogP contribution in [0.15, 0.2) is 0 Å². The maximum atomic E-state index is 12.8. The largest absolute Gasteiger partial charge is 0.481 e. The standard InChI is InChI=1S/C20H33N5O10/c1-9(2)7-13(20(34)35)25-19(33)12(8-16(29)30)24-18(32)11(4-5-14(22)26)23-17(31)10(21)3-6-15(27)28/h9-13H,3-8,21H2,1-2H3,(H2,22,26)(H,23,31)(H,24,32)(H,25,33)(H,27,28)(H,29,30)(H,34,35). The van der Waals surface area contributed by atoms with Crippen LogP contribution in [-0.2, 0) is 33.6 Å². The number of hydrogen-bond donors (Lipinski definition) is 8. The first-order valence-electron chi connectivity index (χ1n) is 10.7. The van der Waals surface area contributed by atoms with Gasteiger partial charge in [-0.25, -0.2) is 4.79 Å². The smallest absolute Gasteiger partial charge is 0.326 e. The zero-order chi connectivity index (χ0) is 27.3. The monoisotopic (exact) mass is 503 g/mol. The molecule has 10 N–H and O–H groups in total. The van der Waals surface area contributed by atoms with Crippen LogP contribution in [0.25, 0.3) is 0 Å². The van der Waals surface area contributed by atoms with E-state index in [9.17, 15) is 38.7 Å². The molecule has 0 fully saturated rings. The third-order valence-corrected chi connectivity index (χ3v) is 4.65. The molecule has 0 aliphatic rings. The molecule has 198 valence electrons. The van der Waals surface area contributed by atoms with Crippen molar-refractivity contribution in [1.29, 1.82) is 0 Å². The van der Waals surface area contributed by atoms with Gasteiger partial charge in [0.2, 0.25) is 23.6 Å². The number of nitrogens with one attached hydrogen (secondary N) is 3. The number of carboxylic acids is 3. The number of aliphatic carboxylic acids is 3. The molecule has 4 atom stereocenters. The Hall–Kier alpha value is -3.75. The SMILES string of the molecule is CC(C)CC(NC(=O)C(CC(=O)O)NC(=O)C(CCC(N)=O)NC(=O)C(N)CCC(=O)O)C(=O)O. The second-order valence-electron chi connectivity index (χ2n) is 8.29. The van der Waals surface area contributed by atoms with Gasteiger partial charge in [0.1, 0.15) is 18.1 Å². The van der Waals surface area contributed by atoms with Crippen LogP contribution in [-0.4, -0.2) is 81.0 Å². The highest BCUT2D eigenvalue weighted by Gasteiger charge is 2.32. The molecule has 4 unspecified atom stereocenters. The number of primary amides is 1. The lowest BCUT2D eigenvalue weighted by Crippen LogP contribution is -2.57. The van der Waals surface area contributed by atoms with Gasteiger partial charge in [0, 0.05) is 12.8 Å². The van der Waals surface area contributed by atoms with Gasteiger partial charge in [-0.1, -0.05) is 13.8 Å². The van der Waals surface area contributed by atoms with Crippen LogP contribution in [0, 0.1) is 5.92 Å². The minimum Gasteiger partial charge on any atom is -0.481 e. The molecule has 35 heavy (non-hydrogen) atoms. The van der Waals surface area contributed by atoms with Crippen LogP contribution in [0.1, 0.15) is 52.4 Å². The third kappa shape index (κ3) is 13.5. The zero-order valence-corrected chi connectivity index (χ0v) is 19.5. The molecule has 15 nitrogen and oxygen atoms in total. The third-order valence-electron chi connectivity index (χ3n) is 4.65. The van der Waals surface area contributed by atoms with Gasteiger partial charge in [-0.05, 0) is 25.2 Å². The molecular weight excluding hydrogens is 470 g/mol. The average molecular weight is 504 g/mol. The van der Waals surface area contributed by atoms with Crippen molar-refractivity contribution in [2.45, 2.75) is 76.5 Å². The normalized spacial score (nSPS) is 14.2. The molecule has 0 aromatic rings. The van der Waals surface area contributed by atoms with Crippen LogP contribution in [0.3, 0.4) is 0 Å².